The molecule has 1 N–H and O–H groups in total. The van der Waals surface area contributed by atoms with Gasteiger partial charge >= 0.3 is 6.09 Å². The average molecular weight is 654 g/mol. The van der Waals surface area contributed by atoms with E-state index < -0.39 is 0 Å². The number of nitrogens with zero attached hydrogens (tertiary/aromatic N) is 4. The van der Waals surface area contributed by atoms with Crippen LogP contribution in [0.3, 0.4) is 0 Å². The zero-order valence-electron chi connectivity index (χ0n) is 28.8. The van der Waals surface area contributed by atoms with E-state index in [4.69, 9.17) is 9.47 Å². The van der Waals surface area contributed by atoms with Crippen molar-refractivity contribution in [1.82, 2.24) is 20.0 Å². The fourth-order valence-electron chi connectivity index (χ4n) is 7.97. The highest BCUT2D eigenvalue weighted by atomic mass is 16.6. The Labute approximate surface area is 285 Å². The van der Waals surface area contributed by atoms with E-state index in [9.17, 15) is 9.59 Å². The van der Waals surface area contributed by atoms with Gasteiger partial charge < -0.3 is 24.6 Å². The third-order valence-electron chi connectivity index (χ3n) is 11.3. The molecule has 0 bridgehead atoms. The summed E-state index contributed by atoms with van der Waals surface area (Å²) in [5.74, 6) is 2.06. The first kappa shape index (κ1) is 32.7. The van der Waals surface area contributed by atoms with Crippen LogP contribution in [0, 0.1) is 18.8 Å². The van der Waals surface area contributed by atoms with Crippen LogP contribution in [0.2, 0.25) is 0 Å². The molecule has 4 fully saturated rings. The Hall–Kier alpha value is -3.85. The molecule has 1 aromatic heterocycles. The lowest BCUT2D eigenvalue weighted by Crippen LogP contribution is -2.59. The third kappa shape index (κ3) is 7.26. The maximum atomic E-state index is 14.4. The smallest absolute Gasteiger partial charge is 0.410 e. The molecular formula is C39H51N5O4. The zero-order chi connectivity index (χ0) is 33.2. The van der Waals surface area contributed by atoms with Crippen molar-refractivity contribution < 1.29 is 19.1 Å². The number of hydrogen-bond donors (Lipinski definition) is 1. The first-order valence-electron chi connectivity index (χ1n) is 18.1. The quantitative estimate of drug-likeness (QED) is 0.251. The van der Waals surface area contributed by atoms with E-state index in [1.165, 1.54) is 24.0 Å². The van der Waals surface area contributed by atoms with E-state index in [-0.39, 0.29) is 24.0 Å². The molecule has 2 amide bonds. The van der Waals surface area contributed by atoms with Crippen LogP contribution in [0.5, 0.6) is 5.75 Å². The van der Waals surface area contributed by atoms with Crippen molar-refractivity contribution in [2.24, 2.45) is 11.8 Å². The zero-order valence-corrected chi connectivity index (χ0v) is 28.8. The molecule has 0 spiro atoms. The minimum absolute atomic E-state index is 0.0717. The van der Waals surface area contributed by atoms with Gasteiger partial charge in [0.1, 0.15) is 11.9 Å². The fraction of sp³-hybridized carbons (Fsp3) is 0.564. The number of benzene rings is 2. The van der Waals surface area contributed by atoms with Crippen LogP contribution in [0.1, 0.15) is 87.3 Å². The minimum Gasteiger partial charge on any atom is -0.496 e. The molecule has 2 heterocycles. The normalized spacial score (nSPS) is 24.5. The maximum Gasteiger partial charge on any atom is 0.410 e. The molecule has 9 heteroatoms. The van der Waals surface area contributed by atoms with Gasteiger partial charge in [0.05, 0.1) is 19.3 Å². The fourth-order valence-corrected chi connectivity index (χ4v) is 7.97. The van der Waals surface area contributed by atoms with Gasteiger partial charge in [-0.15, -0.1) is 0 Å². The number of likely N-dealkylation sites (N-methyl/N-ethyl adjacent to an activating group) is 1. The van der Waals surface area contributed by atoms with Gasteiger partial charge in [0.15, 0.2) is 0 Å². The summed E-state index contributed by atoms with van der Waals surface area (Å²) in [6.07, 6.45) is 13.5. The molecule has 0 unspecified atom stereocenters. The average Bonchev–Trinajstić information content (AvgIpc) is 3.82. The summed E-state index contributed by atoms with van der Waals surface area (Å²) in [6.45, 7) is 4.24. The van der Waals surface area contributed by atoms with Crippen molar-refractivity contribution in [1.29, 1.82) is 0 Å². The van der Waals surface area contributed by atoms with Crippen molar-refractivity contribution >= 4 is 17.7 Å². The third-order valence-corrected chi connectivity index (χ3v) is 11.3. The lowest BCUT2D eigenvalue weighted by Gasteiger charge is -2.39. The number of aromatic nitrogens is 2. The van der Waals surface area contributed by atoms with Crippen LogP contribution in [0.25, 0.3) is 11.1 Å². The number of rotatable bonds is 10. The number of likely N-dealkylation sites (tertiary alicyclic amines) is 1. The van der Waals surface area contributed by atoms with Crippen molar-refractivity contribution in [2.45, 2.75) is 95.2 Å². The first-order chi connectivity index (χ1) is 23.4. The van der Waals surface area contributed by atoms with E-state index >= 15 is 0 Å². The largest absolute Gasteiger partial charge is 0.496 e. The van der Waals surface area contributed by atoms with Crippen molar-refractivity contribution in [2.75, 3.05) is 38.7 Å². The predicted octanol–water partition coefficient (Wildman–Crippen LogP) is 7.11. The highest BCUT2D eigenvalue weighted by Crippen LogP contribution is 2.40. The van der Waals surface area contributed by atoms with Crippen LogP contribution in [-0.4, -0.2) is 72.6 Å². The molecule has 0 atom stereocenters. The summed E-state index contributed by atoms with van der Waals surface area (Å²) in [4.78, 5) is 30.9. The van der Waals surface area contributed by atoms with E-state index in [1.807, 2.05) is 13.2 Å². The molecule has 0 radical (unpaired) electrons. The number of carbonyl (C=O) groups excluding carboxylic acids is 2. The Kier molecular flexibility index (Phi) is 9.76. The van der Waals surface area contributed by atoms with E-state index in [0.717, 1.165) is 80.5 Å². The number of hydrogen-bond acceptors (Lipinski definition) is 6. The van der Waals surface area contributed by atoms with E-state index in [0.29, 0.717) is 37.0 Å². The summed E-state index contributed by atoms with van der Waals surface area (Å²) in [6, 6.07) is 16.0. The van der Waals surface area contributed by atoms with Gasteiger partial charge in [0.25, 0.3) is 0 Å². The van der Waals surface area contributed by atoms with Gasteiger partial charge in [-0.25, -0.2) is 4.79 Å². The number of nitrogens with one attached hydrogen (secondary N) is 1. The second-order valence-electron chi connectivity index (χ2n) is 14.6. The first-order valence-corrected chi connectivity index (χ1v) is 18.1. The van der Waals surface area contributed by atoms with Gasteiger partial charge in [-0.05, 0) is 125 Å². The standard InChI is InChI=1S/C39H51N5O4/c1-26-19-31(13-18-37(26)47-3)28-9-7-27(8-10-28)22-43(35-6-4-5-30(20-35)32-21-41-44(23-32)34-14-15-34)38(45)29-11-16-36(17-12-29)48-39(46)42-24-33(25-42)40-2/h4-6,13,18-21,23,27-29,33-34,36,40H,7-12,14-17,22,24-25H2,1-3H3/t27-,28-,29-,36-. The molecular weight excluding hydrogens is 602 g/mol. The van der Waals surface area contributed by atoms with Gasteiger partial charge in [-0.3, -0.25) is 9.48 Å². The van der Waals surface area contributed by atoms with Crippen molar-refractivity contribution in [3.8, 4) is 16.9 Å². The monoisotopic (exact) mass is 653 g/mol. The van der Waals surface area contributed by atoms with Crippen LogP contribution in [-0.2, 0) is 9.53 Å². The SMILES string of the molecule is CNC1CN(C(=O)O[C@H]2CC[C@H](C(=O)N(C[C@H]3CC[C@H](c4ccc(OC)c(C)c4)CC3)c3cccc(-c4cnn(C5CC5)c4)c3)CC2)C1. The second-order valence-corrected chi connectivity index (χ2v) is 14.6. The number of methoxy groups -OCH3 is 1. The lowest BCUT2D eigenvalue weighted by molar-refractivity contribution is -0.124. The molecule has 48 heavy (non-hydrogen) atoms. The number of aryl methyl sites for hydroxylation is 1. The Morgan fingerprint density at radius 3 is 2.40 bits per heavy atom. The van der Waals surface area contributed by atoms with Crippen LogP contribution < -0.4 is 15.0 Å². The number of anilines is 1. The predicted molar refractivity (Wildman–Crippen MR) is 187 cm³/mol. The summed E-state index contributed by atoms with van der Waals surface area (Å²) in [5, 5.41) is 7.82. The topological polar surface area (TPSA) is 88.9 Å². The maximum absolute atomic E-state index is 14.4. The number of amides is 2. The molecule has 4 aliphatic rings. The molecule has 1 aliphatic heterocycles. The summed E-state index contributed by atoms with van der Waals surface area (Å²) >= 11 is 0. The van der Waals surface area contributed by atoms with Crippen LogP contribution in [0.4, 0.5) is 10.5 Å². The van der Waals surface area contributed by atoms with Crippen LogP contribution in [0.15, 0.2) is 54.9 Å². The summed E-state index contributed by atoms with van der Waals surface area (Å²) < 4.78 is 13.4. The Bertz CT molecular complexity index is 1580. The highest BCUT2D eigenvalue weighted by molar-refractivity contribution is 5.95. The molecule has 2 aromatic carbocycles. The van der Waals surface area contributed by atoms with E-state index in [1.54, 1.807) is 12.0 Å². The lowest BCUT2D eigenvalue weighted by atomic mass is 9.78. The summed E-state index contributed by atoms with van der Waals surface area (Å²) in [7, 11) is 3.65. The number of carbonyl (C=O) groups is 2. The van der Waals surface area contributed by atoms with Gasteiger partial charge in [0.2, 0.25) is 5.91 Å². The van der Waals surface area contributed by atoms with Gasteiger partial charge in [0, 0.05) is 49.0 Å². The van der Waals surface area contributed by atoms with Crippen molar-refractivity contribution in [3.63, 3.8) is 0 Å². The number of ether oxygens (including phenoxy) is 2. The highest BCUT2D eigenvalue weighted by Gasteiger charge is 2.36. The second kappa shape index (κ2) is 14.3. The molecule has 3 saturated carbocycles. The Morgan fingerprint density at radius 2 is 1.71 bits per heavy atom. The minimum atomic E-state index is -0.222. The van der Waals surface area contributed by atoms with E-state index in [2.05, 4.69) is 75.6 Å². The Morgan fingerprint density at radius 1 is 0.938 bits per heavy atom. The molecule has 9 nitrogen and oxygen atoms in total. The molecule has 3 aromatic rings. The van der Waals surface area contributed by atoms with Gasteiger partial charge in [-0.2, -0.15) is 5.10 Å². The van der Waals surface area contributed by atoms with Crippen LogP contribution >= 0.6 is 0 Å². The summed E-state index contributed by atoms with van der Waals surface area (Å²) in [5.41, 5.74) is 5.74. The molecule has 1 saturated heterocycles. The van der Waals surface area contributed by atoms with Crippen molar-refractivity contribution in [3.05, 3.63) is 66.0 Å². The molecule has 3 aliphatic carbocycles. The van der Waals surface area contributed by atoms with Gasteiger partial charge in [-0.1, -0.05) is 24.3 Å². The molecule has 7 rings (SSSR count). The Balaban J connectivity index is 1.03. The molecule has 256 valence electrons.